The maximum atomic E-state index is 13.3. The Balaban J connectivity index is 1.80. The van der Waals surface area contributed by atoms with E-state index in [-0.39, 0.29) is 17.9 Å². The van der Waals surface area contributed by atoms with Crippen LogP contribution in [0.4, 0.5) is 10.1 Å². The minimum Gasteiger partial charge on any atom is -0.363 e. The van der Waals surface area contributed by atoms with Crippen molar-refractivity contribution in [1.29, 1.82) is 0 Å². The summed E-state index contributed by atoms with van der Waals surface area (Å²) < 4.78 is 13.3. The third-order valence-electron chi connectivity index (χ3n) is 4.14. The van der Waals surface area contributed by atoms with Crippen LogP contribution < -0.4 is 10.2 Å². The molecule has 1 aromatic carbocycles. The van der Waals surface area contributed by atoms with E-state index in [4.69, 9.17) is 12.2 Å². The first kappa shape index (κ1) is 14.8. The maximum absolute atomic E-state index is 13.3. The zero-order valence-electron chi connectivity index (χ0n) is 12.7. The number of hydrogen-bond donors (Lipinski definition) is 2. The molecule has 3 aromatic rings. The van der Waals surface area contributed by atoms with Crippen LogP contribution in [0, 0.1) is 5.82 Å². The van der Waals surface area contributed by atoms with Crippen LogP contribution in [0.2, 0.25) is 0 Å². The Morgan fingerprint density at radius 1 is 1.04 bits per heavy atom. The van der Waals surface area contributed by atoms with Crippen LogP contribution in [0.5, 0.6) is 0 Å². The second-order valence-corrected chi connectivity index (χ2v) is 5.99. The summed E-state index contributed by atoms with van der Waals surface area (Å²) in [5.74, 6) is -0.269. The summed E-state index contributed by atoms with van der Waals surface area (Å²) >= 11 is 5.56. The van der Waals surface area contributed by atoms with Crippen molar-refractivity contribution in [2.75, 3.05) is 4.90 Å². The van der Waals surface area contributed by atoms with Crippen molar-refractivity contribution >= 4 is 23.0 Å². The highest BCUT2D eigenvalue weighted by Gasteiger charge is 2.41. The molecule has 0 amide bonds. The highest BCUT2D eigenvalue weighted by atomic mass is 32.1. The standard InChI is InChI=1S/C18H15FN4S/c19-12-6-8-13(9-7-12)23-17(15-5-3-11-21-15)16(22-18(23)24)14-4-1-2-10-20-14/h1-11,16-17,21H,(H,22,24)/t16-,17-/m0/s1. The summed E-state index contributed by atoms with van der Waals surface area (Å²) in [5, 5.41) is 3.95. The highest BCUT2D eigenvalue weighted by Crippen LogP contribution is 2.40. The third kappa shape index (κ3) is 2.55. The van der Waals surface area contributed by atoms with Crippen LogP contribution in [0.3, 0.4) is 0 Å². The molecule has 0 unspecified atom stereocenters. The van der Waals surface area contributed by atoms with Gasteiger partial charge in [-0.15, -0.1) is 0 Å². The molecule has 2 atom stereocenters. The van der Waals surface area contributed by atoms with Crippen LogP contribution in [0.15, 0.2) is 67.0 Å². The number of anilines is 1. The quantitative estimate of drug-likeness (QED) is 0.714. The predicted molar refractivity (Wildman–Crippen MR) is 95.1 cm³/mol. The van der Waals surface area contributed by atoms with Crippen molar-refractivity contribution in [3.05, 3.63) is 84.2 Å². The molecule has 120 valence electrons. The number of nitrogens with zero attached hydrogens (tertiary/aromatic N) is 2. The molecule has 2 N–H and O–H groups in total. The molecular weight excluding hydrogens is 323 g/mol. The van der Waals surface area contributed by atoms with E-state index in [0.717, 1.165) is 17.1 Å². The fourth-order valence-corrected chi connectivity index (χ4v) is 3.42. The van der Waals surface area contributed by atoms with E-state index >= 15 is 0 Å². The van der Waals surface area contributed by atoms with Crippen LogP contribution in [-0.4, -0.2) is 15.1 Å². The van der Waals surface area contributed by atoms with Gasteiger partial charge >= 0.3 is 0 Å². The first-order valence-electron chi connectivity index (χ1n) is 7.63. The highest BCUT2D eigenvalue weighted by molar-refractivity contribution is 7.80. The number of rotatable bonds is 3. The SMILES string of the molecule is Fc1ccc(N2C(=S)N[C@@H](c3ccccn3)[C@@H]2c2ccc[nH]2)cc1. The Morgan fingerprint density at radius 3 is 2.54 bits per heavy atom. The van der Waals surface area contributed by atoms with Crippen LogP contribution in [-0.2, 0) is 0 Å². The summed E-state index contributed by atoms with van der Waals surface area (Å²) in [7, 11) is 0. The Bertz CT molecular complexity index is 833. The van der Waals surface area contributed by atoms with Gasteiger partial charge in [-0.25, -0.2) is 4.39 Å². The van der Waals surface area contributed by atoms with E-state index in [1.165, 1.54) is 12.1 Å². The lowest BCUT2D eigenvalue weighted by atomic mass is 10.0. The molecule has 1 saturated heterocycles. The Morgan fingerprint density at radius 2 is 1.88 bits per heavy atom. The van der Waals surface area contributed by atoms with E-state index in [9.17, 15) is 4.39 Å². The molecule has 4 rings (SSSR count). The van der Waals surface area contributed by atoms with E-state index < -0.39 is 0 Å². The van der Waals surface area contributed by atoms with Gasteiger partial charge in [0.2, 0.25) is 0 Å². The first-order valence-corrected chi connectivity index (χ1v) is 8.04. The van der Waals surface area contributed by atoms with Gasteiger partial charge in [0.25, 0.3) is 0 Å². The fraction of sp³-hybridized carbons (Fsp3) is 0.111. The van der Waals surface area contributed by atoms with Crippen molar-refractivity contribution in [3.63, 3.8) is 0 Å². The lowest BCUT2D eigenvalue weighted by molar-refractivity contribution is 0.558. The van der Waals surface area contributed by atoms with E-state index in [2.05, 4.69) is 15.3 Å². The van der Waals surface area contributed by atoms with Gasteiger partial charge in [-0.1, -0.05) is 6.07 Å². The Kier molecular flexibility index (Phi) is 3.74. The van der Waals surface area contributed by atoms with Crippen LogP contribution >= 0.6 is 12.2 Å². The molecule has 1 aliphatic heterocycles. The summed E-state index contributed by atoms with van der Waals surface area (Å²) in [6.45, 7) is 0. The number of hydrogen-bond acceptors (Lipinski definition) is 2. The predicted octanol–water partition coefficient (Wildman–Crippen LogP) is 3.73. The number of benzene rings is 1. The molecule has 4 nitrogen and oxygen atoms in total. The second kappa shape index (κ2) is 6.05. The summed E-state index contributed by atoms with van der Waals surface area (Å²) in [5.41, 5.74) is 2.76. The lowest BCUT2D eigenvalue weighted by Crippen LogP contribution is -2.29. The molecule has 6 heteroatoms. The average molecular weight is 338 g/mol. The topological polar surface area (TPSA) is 44.0 Å². The monoisotopic (exact) mass is 338 g/mol. The normalized spacial score (nSPS) is 20.2. The molecule has 1 fully saturated rings. The zero-order chi connectivity index (χ0) is 16.5. The lowest BCUT2D eigenvalue weighted by Gasteiger charge is -2.27. The van der Waals surface area contributed by atoms with Gasteiger partial charge in [0.1, 0.15) is 11.9 Å². The summed E-state index contributed by atoms with van der Waals surface area (Å²) in [6.07, 6.45) is 3.65. The molecular formula is C18H15FN4S. The van der Waals surface area contributed by atoms with Crippen molar-refractivity contribution in [1.82, 2.24) is 15.3 Å². The molecule has 0 radical (unpaired) electrons. The molecule has 0 saturated carbocycles. The number of H-pyrrole nitrogens is 1. The van der Waals surface area contributed by atoms with Gasteiger partial charge in [0, 0.05) is 23.8 Å². The molecule has 0 bridgehead atoms. The molecule has 24 heavy (non-hydrogen) atoms. The van der Waals surface area contributed by atoms with Gasteiger partial charge in [0.05, 0.1) is 11.7 Å². The fourth-order valence-electron chi connectivity index (χ4n) is 3.08. The van der Waals surface area contributed by atoms with E-state index in [1.807, 2.05) is 41.4 Å². The Hall–Kier alpha value is -2.73. The molecule has 0 aliphatic carbocycles. The molecule has 3 heterocycles. The number of aromatic nitrogens is 2. The van der Waals surface area contributed by atoms with Crippen molar-refractivity contribution < 1.29 is 4.39 Å². The average Bonchev–Trinajstić information content (AvgIpc) is 3.24. The minimum absolute atomic E-state index is 0.0899. The number of nitrogens with one attached hydrogen (secondary N) is 2. The third-order valence-corrected chi connectivity index (χ3v) is 4.46. The van der Waals surface area contributed by atoms with Gasteiger partial charge in [-0.05, 0) is 60.7 Å². The van der Waals surface area contributed by atoms with Gasteiger partial charge < -0.3 is 15.2 Å². The van der Waals surface area contributed by atoms with Crippen molar-refractivity contribution in [2.45, 2.75) is 12.1 Å². The number of pyridine rings is 1. The summed E-state index contributed by atoms with van der Waals surface area (Å²) in [4.78, 5) is 9.74. The maximum Gasteiger partial charge on any atom is 0.174 e. The molecule has 0 spiro atoms. The van der Waals surface area contributed by atoms with E-state index in [0.29, 0.717) is 5.11 Å². The second-order valence-electron chi connectivity index (χ2n) is 5.60. The smallest absolute Gasteiger partial charge is 0.174 e. The van der Waals surface area contributed by atoms with Gasteiger partial charge in [0.15, 0.2) is 5.11 Å². The first-order chi connectivity index (χ1) is 11.7. The number of thiocarbonyl (C=S) groups is 1. The number of aromatic amines is 1. The molecule has 1 aliphatic rings. The zero-order valence-corrected chi connectivity index (χ0v) is 13.5. The Labute approximate surface area is 144 Å². The number of halogens is 1. The largest absolute Gasteiger partial charge is 0.363 e. The van der Waals surface area contributed by atoms with Crippen molar-refractivity contribution in [2.24, 2.45) is 0 Å². The van der Waals surface area contributed by atoms with Gasteiger partial charge in [-0.3, -0.25) is 4.98 Å². The minimum atomic E-state index is -0.269. The summed E-state index contributed by atoms with van der Waals surface area (Å²) in [6, 6.07) is 16.0. The van der Waals surface area contributed by atoms with Crippen LogP contribution in [0.1, 0.15) is 23.5 Å². The van der Waals surface area contributed by atoms with Crippen molar-refractivity contribution in [3.8, 4) is 0 Å². The van der Waals surface area contributed by atoms with Gasteiger partial charge in [-0.2, -0.15) is 0 Å². The molecule has 2 aromatic heterocycles. The van der Waals surface area contributed by atoms with E-state index in [1.54, 1.807) is 18.3 Å². The van der Waals surface area contributed by atoms with Crippen LogP contribution in [0.25, 0.3) is 0 Å².